The van der Waals surface area contributed by atoms with Crippen molar-refractivity contribution in [2.45, 2.75) is 46.3 Å². The molecule has 0 aliphatic carbocycles. The summed E-state index contributed by atoms with van der Waals surface area (Å²) in [6, 6.07) is 2.61. The van der Waals surface area contributed by atoms with E-state index in [0.29, 0.717) is 11.3 Å². The number of rotatable bonds is 8. The SMILES string of the molecule is Cc1oc2c(c1CC(=O)N=c1scc(-c3ccc(OC(F)(F)F)c(Cl)c3)n1COC(=O)[C@@H](N)C(C)C)c(=O)n(C)c(=O)n2C.Cl. The van der Waals surface area contributed by atoms with Gasteiger partial charge in [-0.25, -0.2) is 4.79 Å². The van der Waals surface area contributed by atoms with Crippen LogP contribution in [0.4, 0.5) is 13.2 Å². The number of ether oxygens (including phenoxy) is 2. The Hall–Kier alpha value is -3.86. The van der Waals surface area contributed by atoms with Crippen molar-refractivity contribution in [3.05, 3.63) is 65.6 Å². The molecule has 3 aromatic heterocycles. The molecule has 0 spiro atoms. The number of carbonyl (C=O) groups is 2. The molecule has 1 atom stereocenters. The molecule has 0 saturated carbocycles. The summed E-state index contributed by atoms with van der Waals surface area (Å²) >= 11 is 7.03. The zero-order valence-electron chi connectivity index (χ0n) is 24.4. The van der Waals surface area contributed by atoms with E-state index in [-0.39, 0.29) is 57.0 Å². The Morgan fingerprint density at radius 1 is 1.18 bits per heavy atom. The Bertz CT molecular complexity index is 1960. The highest BCUT2D eigenvalue weighted by molar-refractivity contribution is 7.07. The molecular weight excluding hydrogens is 666 g/mol. The predicted octanol–water partition coefficient (Wildman–Crippen LogP) is 3.80. The quantitative estimate of drug-likeness (QED) is 0.274. The molecule has 1 aromatic carbocycles. The Balaban J connectivity index is 0.00000552. The van der Waals surface area contributed by atoms with Crippen LogP contribution in [0.5, 0.6) is 5.75 Å². The van der Waals surface area contributed by atoms with E-state index in [0.717, 1.165) is 26.5 Å². The van der Waals surface area contributed by atoms with Crippen LogP contribution in [0.3, 0.4) is 0 Å². The largest absolute Gasteiger partial charge is 0.573 e. The number of carbonyl (C=O) groups excluding carboxylic acids is 2. The third-order valence-corrected chi connectivity index (χ3v) is 7.87. The number of esters is 1. The lowest BCUT2D eigenvalue weighted by Crippen LogP contribution is -2.37. The summed E-state index contributed by atoms with van der Waals surface area (Å²) in [6.45, 7) is 4.56. The van der Waals surface area contributed by atoms with Crippen LogP contribution >= 0.6 is 35.3 Å². The third kappa shape index (κ3) is 7.52. The van der Waals surface area contributed by atoms with Crippen LogP contribution in [0.15, 0.2) is 42.6 Å². The van der Waals surface area contributed by atoms with E-state index in [1.165, 1.54) is 30.8 Å². The van der Waals surface area contributed by atoms with E-state index < -0.39 is 48.0 Å². The topological polar surface area (TPSA) is 153 Å². The van der Waals surface area contributed by atoms with E-state index in [9.17, 15) is 32.3 Å². The zero-order chi connectivity index (χ0) is 32.7. The number of alkyl halides is 3. The van der Waals surface area contributed by atoms with Crippen molar-refractivity contribution in [2.75, 3.05) is 0 Å². The highest BCUT2D eigenvalue weighted by atomic mass is 35.5. The second-order valence-electron chi connectivity index (χ2n) is 10.1. The first-order valence-electron chi connectivity index (χ1n) is 12.9. The number of aryl methyl sites for hydroxylation is 2. The lowest BCUT2D eigenvalue weighted by atomic mass is 10.1. The normalized spacial score (nSPS) is 12.8. The minimum Gasteiger partial charge on any atom is -0.444 e. The molecule has 0 bridgehead atoms. The van der Waals surface area contributed by atoms with Crippen molar-refractivity contribution in [3.63, 3.8) is 0 Å². The number of thiazole rings is 1. The van der Waals surface area contributed by atoms with Gasteiger partial charge in [-0.2, -0.15) is 4.99 Å². The number of nitrogens with zero attached hydrogens (tertiary/aromatic N) is 4. The minimum atomic E-state index is -4.96. The molecule has 3 heterocycles. The Morgan fingerprint density at radius 2 is 1.84 bits per heavy atom. The summed E-state index contributed by atoms with van der Waals surface area (Å²) in [5.74, 6) is -2.04. The monoisotopic (exact) mass is 693 g/mol. The second-order valence-corrected chi connectivity index (χ2v) is 11.3. The van der Waals surface area contributed by atoms with Gasteiger partial charge in [0.2, 0.25) is 5.71 Å². The van der Waals surface area contributed by atoms with Gasteiger partial charge in [0.25, 0.3) is 11.5 Å². The van der Waals surface area contributed by atoms with Gasteiger partial charge in [-0.1, -0.05) is 25.4 Å². The zero-order valence-corrected chi connectivity index (χ0v) is 26.8. The van der Waals surface area contributed by atoms with E-state index >= 15 is 0 Å². The third-order valence-electron chi connectivity index (χ3n) is 6.71. The van der Waals surface area contributed by atoms with Crippen LogP contribution < -0.4 is 26.5 Å². The number of aromatic nitrogens is 3. The smallest absolute Gasteiger partial charge is 0.444 e. The van der Waals surface area contributed by atoms with Crippen LogP contribution in [0.25, 0.3) is 22.4 Å². The van der Waals surface area contributed by atoms with Crippen molar-refractivity contribution in [1.82, 2.24) is 13.7 Å². The number of fused-ring (bicyclic) bond motifs is 1. The lowest BCUT2D eigenvalue weighted by Gasteiger charge is -2.16. The highest BCUT2D eigenvalue weighted by Gasteiger charge is 2.32. The van der Waals surface area contributed by atoms with Crippen molar-refractivity contribution in [2.24, 2.45) is 30.7 Å². The van der Waals surface area contributed by atoms with Crippen LogP contribution in [-0.2, 0) is 41.6 Å². The van der Waals surface area contributed by atoms with E-state index in [1.54, 1.807) is 26.2 Å². The van der Waals surface area contributed by atoms with Crippen LogP contribution in [0.1, 0.15) is 25.2 Å². The molecule has 0 aliphatic rings. The van der Waals surface area contributed by atoms with Crippen LogP contribution in [-0.4, -0.2) is 38.0 Å². The summed E-state index contributed by atoms with van der Waals surface area (Å²) in [4.78, 5) is 55.1. The number of halogens is 5. The number of amides is 1. The van der Waals surface area contributed by atoms with Crippen LogP contribution in [0, 0.1) is 12.8 Å². The molecule has 12 nitrogen and oxygen atoms in total. The molecule has 0 fully saturated rings. The van der Waals surface area contributed by atoms with Gasteiger partial charge < -0.3 is 19.6 Å². The molecule has 0 aliphatic heterocycles. The Morgan fingerprint density at radius 3 is 2.44 bits per heavy atom. The number of hydrogen-bond donors (Lipinski definition) is 1. The van der Waals surface area contributed by atoms with Crippen molar-refractivity contribution >= 4 is 58.3 Å². The molecule has 0 saturated heterocycles. The molecule has 1 amide bonds. The first-order valence-corrected chi connectivity index (χ1v) is 14.2. The van der Waals surface area contributed by atoms with Gasteiger partial charge in [-0.15, -0.1) is 36.9 Å². The summed E-state index contributed by atoms with van der Waals surface area (Å²) in [5.41, 5.74) is 5.52. The standard InChI is InChI=1S/C27H27ClF3N5O7S.ClH/c1-12(2)21(32)24(39)41-11-36-17(14-6-7-18(16(28)8-14)43-27(29,30)31)10-44-25(36)33-19(37)9-15-13(3)42-23-20(15)22(38)34(4)26(40)35(23)5;/h6-8,10,12,21H,9,11,32H2,1-5H3;1H/t21-;/m0./s1. The fourth-order valence-corrected chi connectivity index (χ4v) is 5.37. The van der Waals surface area contributed by atoms with Crippen molar-refractivity contribution in [1.29, 1.82) is 0 Å². The molecule has 4 aromatic rings. The average Bonchev–Trinajstić information content (AvgIpc) is 3.49. The number of hydrogen-bond acceptors (Lipinski definition) is 9. The Labute approximate surface area is 267 Å². The van der Waals surface area contributed by atoms with Gasteiger partial charge in [0.05, 0.1) is 17.1 Å². The second kappa shape index (κ2) is 13.6. The maximum absolute atomic E-state index is 13.2. The van der Waals surface area contributed by atoms with Gasteiger partial charge in [0.1, 0.15) is 22.9 Å². The first-order chi connectivity index (χ1) is 20.5. The fraction of sp³-hybridized carbons (Fsp3) is 0.370. The molecule has 45 heavy (non-hydrogen) atoms. The van der Waals surface area contributed by atoms with Crippen molar-refractivity contribution < 1.29 is 36.7 Å². The summed E-state index contributed by atoms with van der Waals surface area (Å²) in [6.07, 6.45) is -5.33. The molecule has 4 rings (SSSR count). The maximum Gasteiger partial charge on any atom is 0.573 e. The van der Waals surface area contributed by atoms with Gasteiger partial charge in [-0.3, -0.25) is 28.1 Å². The van der Waals surface area contributed by atoms with Gasteiger partial charge in [-0.05, 0) is 31.0 Å². The molecule has 244 valence electrons. The summed E-state index contributed by atoms with van der Waals surface area (Å²) in [7, 11) is 2.73. The van der Waals surface area contributed by atoms with Crippen LogP contribution in [0.2, 0.25) is 5.02 Å². The molecule has 0 radical (unpaired) electrons. The first kappa shape index (κ1) is 35.6. The van der Waals surface area contributed by atoms with Gasteiger partial charge in [0.15, 0.2) is 11.5 Å². The van der Waals surface area contributed by atoms with E-state index in [1.807, 2.05) is 0 Å². The number of benzene rings is 1. The molecule has 0 unspecified atom stereocenters. The molecule has 18 heteroatoms. The van der Waals surface area contributed by atoms with Gasteiger partial charge in [0, 0.05) is 30.6 Å². The minimum absolute atomic E-state index is 0. The molecule has 2 N–H and O–H groups in total. The number of nitrogens with two attached hydrogens (primary N) is 1. The molecular formula is C27H28Cl2F3N5O7S. The summed E-state index contributed by atoms with van der Waals surface area (Å²) < 4.78 is 56.5. The number of furan rings is 1. The maximum atomic E-state index is 13.2. The average molecular weight is 695 g/mol. The predicted molar refractivity (Wildman–Crippen MR) is 161 cm³/mol. The summed E-state index contributed by atoms with van der Waals surface area (Å²) in [5, 5.41) is 1.26. The lowest BCUT2D eigenvalue weighted by molar-refractivity contribution is -0.274. The van der Waals surface area contributed by atoms with E-state index in [2.05, 4.69) is 9.73 Å². The van der Waals surface area contributed by atoms with Crippen molar-refractivity contribution in [3.8, 4) is 17.0 Å². The van der Waals surface area contributed by atoms with E-state index in [4.69, 9.17) is 26.5 Å². The fourth-order valence-electron chi connectivity index (χ4n) is 4.23. The van der Waals surface area contributed by atoms with Gasteiger partial charge >= 0.3 is 18.0 Å². The highest BCUT2D eigenvalue weighted by Crippen LogP contribution is 2.34. The Kier molecular flexibility index (Phi) is 10.8.